The molecule has 0 saturated carbocycles. The molecule has 3 N–H and O–H groups in total. The molecule has 2 atom stereocenters. The molecule has 1 heterocycles. The number of hydrogen-bond acceptors (Lipinski definition) is 4. The van der Waals surface area contributed by atoms with Gasteiger partial charge in [-0.1, -0.05) is 6.92 Å². The lowest BCUT2D eigenvalue weighted by molar-refractivity contribution is 0.0522. The van der Waals surface area contributed by atoms with Crippen LogP contribution < -0.4 is 10.6 Å². The maximum absolute atomic E-state index is 11.6. The molecule has 0 saturated heterocycles. The van der Waals surface area contributed by atoms with Crippen molar-refractivity contribution in [2.75, 3.05) is 6.54 Å². The zero-order chi connectivity index (χ0) is 15.2. The predicted octanol–water partition coefficient (Wildman–Crippen LogP) is 2.36. The van der Waals surface area contributed by atoms with Crippen LogP contribution >= 0.6 is 0 Å². The number of imidazole rings is 1. The van der Waals surface area contributed by atoms with Crippen LogP contribution in [0.2, 0.25) is 0 Å². The number of ether oxygens (including phenoxy) is 1. The van der Waals surface area contributed by atoms with Gasteiger partial charge in [0.2, 0.25) is 0 Å². The van der Waals surface area contributed by atoms with Crippen LogP contribution in [0.3, 0.4) is 0 Å². The van der Waals surface area contributed by atoms with Crippen molar-refractivity contribution >= 4 is 6.09 Å². The van der Waals surface area contributed by atoms with E-state index in [0.717, 1.165) is 12.2 Å². The Balaban J connectivity index is 2.36. The number of nitrogens with one attached hydrogen (secondary N) is 3. The third kappa shape index (κ3) is 6.06. The molecular weight excluding hydrogens is 256 g/mol. The Kier molecular flexibility index (Phi) is 6.01. The predicted molar refractivity (Wildman–Crippen MR) is 78.5 cm³/mol. The number of alkyl carbamates (subject to hydrolysis) is 1. The Morgan fingerprint density at radius 1 is 1.50 bits per heavy atom. The lowest BCUT2D eigenvalue weighted by Gasteiger charge is -2.23. The monoisotopic (exact) mass is 282 g/mol. The maximum atomic E-state index is 11.6. The summed E-state index contributed by atoms with van der Waals surface area (Å²) in [5, 5.41) is 6.18. The quantitative estimate of drug-likeness (QED) is 0.748. The van der Waals surface area contributed by atoms with E-state index in [2.05, 4.69) is 27.5 Å². The number of carbonyl (C=O) groups excluding carboxylic acids is 1. The van der Waals surface area contributed by atoms with Gasteiger partial charge in [-0.25, -0.2) is 9.78 Å². The van der Waals surface area contributed by atoms with E-state index in [4.69, 9.17) is 4.74 Å². The van der Waals surface area contributed by atoms with Crippen LogP contribution in [0.1, 0.15) is 52.9 Å². The number of hydrogen-bond donors (Lipinski definition) is 3. The molecule has 114 valence electrons. The molecule has 0 aliphatic heterocycles. The molecule has 0 spiro atoms. The highest BCUT2D eigenvalue weighted by molar-refractivity contribution is 5.67. The average Bonchev–Trinajstić information content (AvgIpc) is 2.85. The second-order valence-corrected chi connectivity index (χ2v) is 5.89. The van der Waals surface area contributed by atoms with Gasteiger partial charge in [0.25, 0.3) is 0 Å². The standard InChI is InChI=1S/C14H26N4O2/c1-6-11(12-15-7-8-16-12)18-10(2)9-17-13(19)20-14(3,4)5/h7-8,10-11,18H,6,9H2,1-5H3,(H,15,16)(H,17,19). The number of amides is 1. The van der Waals surface area contributed by atoms with Gasteiger partial charge in [-0.15, -0.1) is 0 Å². The number of carbonyl (C=O) groups is 1. The van der Waals surface area contributed by atoms with Crippen molar-refractivity contribution in [3.63, 3.8) is 0 Å². The zero-order valence-corrected chi connectivity index (χ0v) is 13.0. The summed E-state index contributed by atoms with van der Waals surface area (Å²) in [5.74, 6) is 0.914. The molecule has 0 radical (unpaired) electrons. The molecule has 2 unspecified atom stereocenters. The Hall–Kier alpha value is -1.56. The van der Waals surface area contributed by atoms with E-state index in [0.29, 0.717) is 6.54 Å². The lowest BCUT2D eigenvalue weighted by atomic mass is 10.2. The molecule has 0 aliphatic rings. The Morgan fingerprint density at radius 2 is 2.20 bits per heavy atom. The molecular formula is C14H26N4O2. The summed E-state index contributed by atoms with van der Waals surface area (Å²) in [6, 6.07) is 0.276. The van der Waals surface area contributed by atoms with Crippen molar-refractivity contribution < 1.29 is 9.53 Å². The second kappa shape index (κ2) is 7.28. The van der Waals surface area contributed by atoms with E-state index in [1.165, 1.54) is 0 Å². The van der Waals surface area contributed by atoms with Crippen molar-refractivity contribution in [2.24, 2.45) is 0 Å². The largest absolute Gasteiger partial charge is 0.444 e. The topological polar surface area (TPSA) is 79.0 Å². The normalized spacial score (nSPS) is 14.7. The van der Waals surface area contributed by atoms with Gasteiger partial charge >= 0.3 is 6.09 Å². The van der Waals surface area contributed by atoms with Gasteiger partial charge in [0.1, 0.15) is 11.4 Å². The highest BCUT2D eigenvalue weighted by Gasteiger charge is 2.18. The Bertz CT molecular complexity index is 398. The van der Waals surface area contributed by atoms with Crippen LogP contribution in [-0.4, -0.2) is 34.2 Å². The summed E-state index contributed by atoms with van der Waals surface area (Å²) in [6.45, 7) is 10.2. The molecule has 20 heavy (non-hydrogen) atoms. The molecule has 0 fully saturated rings. The van der Waals surface area contributed by atoms with Gasteiger partial charge in [0.05, 0.1) is 6.04 Å². The van der Waals surface area contributed by atoms with Crippen LogP contribution in [0, 0.1) is 0 Å². The van der Waals surface area contributed by atoms with E-state index >= 15 is 0 Å². The SMILES string of the molecule is CCC(NC(C)CNC(=O)OC(C)(C)C)c1ncc[nH]1. The van der Waals surface area contributed by atoms with Crippen molar-refractivity contribution in [2.45, 2.75) is 58.7 Å². The fourth-order valence-electron chi connectivity index (χ4n) is 1.81. The summed E-state index contributed by atoms with van der Waals surface area (Å²) in [7, 11) is 0. The molecule has 1 aromatic heterocycles. The summed E-state index contributed by atoms with van der Waals surface area (Å²) < 4.78 is 5.20. The minimum absolute atomic E-state index is 0.123. The number of rotatable bonds is 6. The van der Waals surface area contributed by atoms with E-state index < -0.39 is 11.7 Å². The molecule has 1 rings (SSSR count). The molecule has 6 nitrogen and oxygen atoms in total. The molecule has 0 aromatic carbocycles. The number of H-pyrrole nitrogens is 1. The molecule has 6 heteroatoms. The number of aromatic amines is 1. The van der Waals surface area contributed by atoms with Crippen LogP contribution in [0.4, 0.5) is 4.79 Å². The van der Waals surface area contributed by atoms with Gasteiger partial charge in [-0.3, -0.25) is 0 Å². The third-order valence-electron chi connectivity index (χ3n) is 2.69. The highest BCUT2D eigenvalue weighted by atomic mass is 16.6. The summed E-state index contributed by atoms with van der Waals surface area (Å²) >= 11 is 0. The van der Waals surface area contributed by atoms with Crippen LogP contribution in [0.25, 0.3) is 0 Å². The van der Waals surface area contributed by atoms with Crippen molar-refractivity contribution in [1.29, 1.82) is 0 Å². The fourth-order valence-corrected chi connectivity index (χ4v) is 1.81. The fraction of sp³-hybridized carbons (Fsp3) is 0.714. The van der Waals surface area contributed by atoms with Crippen molar-refractivity contribution in [3.05, 3.63) is 18.2 Å². The second-order valence-electron chi connectivity index (χ2n) is 5.89. The van der Waals surface area contributed by atoms with E-state index in [-0.39, 0.29) is 12.1 Å². The first-order valence-corrected chi connectivity index (χ1v) is 7.04. The Labute approximate surface area is 120 Å². The number of aromatic nitrogens is 2. The van der Waals surface area contributed by atoms with Gasteiger partial charge in [0.15, 0.2) is 0 Å². The molecule has 1 amide bonds. The van der Waals surface area contributed by atoms with E-state index in [9.17, 15) is 4.79 Å². The molecule has 1 aromatic rings. The minimum Gasteiger partial charge on any atom is -0.444 e. The lowest BCUT2D eigenvalue weighted by Crippen LogP contribution is -2.42. The smallest absolute Gasteiger partial charge is 0.407 e. The average molecular weight is 282 g/mol. The summed E-state index contributed by atoms with van der Waals surface area (Å²) in [4.78, 5) is 18.9. The highest BCUT2D eigenvalue weighted by Crippen LogP contribution is 2.12. The van der Waals surface area contributed by atoms with Gasteiger partial charge < -0.3 is 20.4 Å². The summed E-state index contributed by atoms with van der Waals surface area (Å²) in [6.07, 6.45) is 4.08. The van der Waals surface area contributed by atoms with E-state index in [1.807, 2.05) is 33.9 Å². The van der Waals surface area contributed by atoms with Crippen molar-refractivity contribution in [3.8, 4) is 0 Å². The van der Waals surface area contributed by atoms with Gasteiger partial charge in [-0.05, 0) is 34.1 Å². The van der Waals surface area contributed by atoms with Crippen molar-refractivity contribution in [1.82, 2.24) is 20.6 Å². The van der Waals surface area contributed by atoms with Crippen LogP contribution in [0.15, 0.2) is 12.4 Å². The summed E-state index contributed by atoms with van der Waals surface area (Å²) in [5.41, 5.74) is -0.471. The molecule has 0 aliphatic carbocycles. The first-order valence-electron chi connectivity index (χ1n) is 7.04. The first-order chi connectivity index (χ1) is 9.31. The zero-order valence-electron chi connectivity index (χ0n) is 13.0. The Morgan fingerprint density at radius 3 is 2.70 bits per heavy atom. The van der Waals surface area contributed by atoms with Gasteiger partial charge in [0, 0.05) is 25.0 Å². The third-order valence-corrected chi connectivity index (χ3v) is 2.69. The molecule has 0 bridgehead atoms. The first kappa shape index (κ1) is 16.5. The van der Waals surface area contributed by atoms with Crippen LogP contribution in [-0.2, 0) is 4.74 Å². The minimum atomic E-state index is -0.471. The van der Waals surface area contributed by atoms with Gasteiger partial charge in [-0.2, -0.15) is 0 Å². The van der Waals surface area contributed by atoms with E-state index in [1.54, 1.807) is 6.20 Å². The maximum Gasteiger partial charge on any atom is 0.407 e. The number of nitrogens with zero attached hydrogens (tertiary/aromatic N) is 1. The van der Waals surface area contributed by atoms with Crippen LogP contribution in [0.5, 0.6) is 0 Å².